The van der Waals surface area contributed by atoms with Crippen molar-refractivity contribution in [2.75, 3.05) is 13.2 Å². The van der Waals surface area contributed by atoms with Gasteiger partial charge in [-0.05, 0) is 30.2 Å². The third kappa shape index (κ3) is 4.82. The highest BCUT2D eigenvalue weighted by Crippen LogP contribution is 2.31. The summed E-state index contributed by atoms with van der Waals surface area (Å²) < 4.78 is 57.3. The summed E-state index contributed by atoms with van der Waals surface area (Å²) in [5, 5.41) is 3.07. The van der Waals surface area contributed by atoms with Crippen LogP contribution in [0.25, 0.3) is 5.70 Å². The Bertz CT molecular complexity index is 605. The lowest BCUT2D eigenvalue weighted by atomic mass is 10.0. The molecule has 23 heavy (non-hydrogen) atoms. The Morgan fingerprint density at radius 3 is 2.61 bits per heavy atom. The third-order valence-electron chi connectivity index (χ3n) is 3.28. The van der Waals surface area contributed by atoms with Gasteiger partial charge in [-0.3, -0.25) is 0 Å². The Morgan fingerprint density at radius 1 is 1.26 bits per heavy atom. The summed E-state index contributed by atoms with van der Waals surface area (Å²) in [6, 6.07) is 2.39. The van der Waals surface area contributed by atoms with Gasteiger partial charge in [0.25, 0.3) is 0 Å². The van der Waals surface area contributed by atoms with Gasteiger partial charge in [0.2, 0.25) is 0 Å². The summed E-state index contributed by atoms with van der Waals surface area (Å²) in [5.41, 5.74) is -0.449. The summed E-state index contributed by atoms with van der Waals surface area (Å²) in [4.78, 5) is 0. The molecular weight excluding hydrogens is 310 g/mol. The van der Waals surface area contributed by atoms with E-state index in [0.29, 0.717) is 30.9 Å². The number of nitrogens with one attached hydrogen (secondary N) is 1. The van der Waals surface area contributed by atoms with Crippen molar-refractivity contribution >= 4 is 5.70 Å². The number of halogens is 4. The minimum absolute atomic E-state index is 0.108. The summed E-state index contributed by atoms with van der Waals surface area (Å²) in [6.45, 7) is 5.09. The van der Waals surface area contributed by atoms with E-state index >= 15 is 0 Å². The Labute approximate surface area is 132 Å². The van der Waals surface area contributed by atoms with Crippen LogP contribution in [0.15, 0.2) is 36.4 Å². The van der Waals surface area contributed by atoms with Crippen LogP contribution < -0.4 is 5.32 Å². The van der Waals surface area contributed by atoms with Crippen molar-refractivity contribution in [2.45, 2.75) is 26.1 Å². The predicted molar refractivity (Wildman–Crippen MR) is 81.1 cm³/mol. The number of hydrogen-bond donors (Lipinski definition) is 1. The summed E-state index contributed by atoms with van der Waals surface area (Å²) >= 11 is 0. The average molecular weight is 329 g/mol. The van der Waals surface area contributed by atoms with Crippen molar-refractivity contribution in [3.05, 3.63) is 53.4 Å². The maximum absolute atomic E-state index is 14.0. The second kappa shape index (κ2) is 7.17. The number of allylic oxidation sites excluding steroid dienone is 2. The molecule has 126 valence electrons. The lowest BCUT2D eigenvalue weighted by molar-refractivity contribution is -0.137. The largest absolute Gasteiger partial charge is 0.416 e. The summed E-state index contributed by atoms with van der Waals surface area (Å²) in [5.74, 6) is -0.499. The van der Waals surface area contributed by atoms with Crippen LogP contribution in [0.5, 0.6) is 0 Å². The van der Waals surface area contributed by atoms with Crippen LogP contribution in [0.2, 0.25) is 0 Å². The quantitative estimate of drug-likeness (QED) is 0.809. The molecule has 0 amide bonds. The Morgan fingerprint density at radius 2 is 2.00 bits per heavy atom. The highest BCUT2D eigenvalue weighted by atomic mass is 19.4. The van der Waals surface area contributed by atoms with Crippen LogP contribution in [-0.4, -0.2) is 19.3 Å². The molecule has 0 aliphatic carbocycles. The van der Waals surface area contributed by atoms with E-state index in [-0.39, 0.29) is 11.6 Å². The number of hydrogen-bond acceptors (Lipinski definition) is 2. The smallest absolute Gasteiger partial charge is 0.379 e. The highest BCUT2D eigenvalue weighted by Gasteiger charge is 2.31. The van der Waals surface area contributed by atoms with E-state index in [1.54, 1.807) is 12.2 Å². The fraction of sp³-hybridized carbons (Fsp3) is 0.412. The first-order valence-electron chi connectivity index (χ1n) is 7.37. The standard InChI is InChI=1S/C17H19F4NO/c1-11(2)9-23-10-13-4-3-5-16(22-13)14-7-6-12(8-15(14)18)17(19,20)21/h3-8,11,13,22H,9-10H2,1-2H3. The Hall–Kier alpha value is -1.82. The van der Waals surface area contributed by atoms with E-state index in [2.05, 4.69) is 5.32 Å². The molecular formula is C17H19F4NO. The normalized spacial score (nSPS) is 18.0. The van der Waals surface area contributed by atoms with E-state index in [1.807, 2.05) is 19.9 Å². The average Bonchev–Trinajstić information content (AvgIpc) is 2.46. The van der Waals surface area contributed by atoms with Crippen molar-refractivity contribution in [1.82, 2.24) is 5.32 Å². The zero-order valence-electron chi connectivity index (χ0n) is 13.0. The van der Waals surface area contributed by atoms with Crippen LogP contribution in [-0.2, 0) is 10.9 Å². The van der Waals surface area contributed by atoms with Crippen molar-refractivity contribution in [3.8, 4) is 0 Å². The maximum Gasteiger partial charge on any atom is 0.416 e. The number of alkyl halides is 3. The molecule has 1 N–H and O–H groups in total. The Balaban J connectivity index is 2.07. The van der Waals surface area contributed by atoms with Gasteiger partial charge in [-0.1, -0.05) is 26.0 Å². The van der Waals surface area contributed by atoms with Crippen molar-refractivity contribution in [3.63, 3.8) is 0 Å². The van der Waals surface area contributed by atoms with Gasteiger partial charge in [-0.25, -0.2) is 4.39 Å². The number of ether oxygens (including phenoxy) is 1. The molecule has 1 unspecified atom stereocenters. The molecule has 2 rings (SSSR count). The van der Waals surface area contributed by atoms with Gasteiger partial charge in [-0.2, -0.15) is 13.2 Å². The summed E-state index contributed by atoms with van der Waals surface area (Å²) in [6.07, 6.45) is 0.684. The molecule has 0 radical (unpaired) electrons. The second-order valence-electron chi connectivity index (χ2n) is 5.84. The molecule has 0 fully saturated rings. The van der Waals surface area contributed by atoms with Gasteiger partial charge in [0, 0.05) is 17.9 Å². The minimum atomic E-state index is -4.55. The first-order valence-corrected chi connectivity index (χ1v) is 7.37. The zero-order valence-corrected chi connectivity index (χ0v) is 13.0. The molecule has 0 aromatic heterocycles. The number of dihydropyridines is 1. The van der Waals surface area contributed by atoms with Crippen LogP contribution in [0.3, 0.4) is 0 Å². The van der Waals surface area contributed by atoms with Crippen LogP contribution in [0.4, 0.5) is 17.6 Å². The molecule has 1 aromatic rings. The highest BCUT2D eigenvalue weighted by molar-refractivity contribution is 5.68. The van der Waals surface area contributed by atoms with Gasteiger partial charge in [0.05, 0.1) is 18.2 Å². The van der Waals surface area contributed by atoms with Gasteiger partial charge in [0.1, 0.15) is 5.82 Å². The molecule has 0 spiro atoms. The monoisotopic (exact) mass is 329 g/mol. The van der Waals surface area contributed by atoms with Gasteiger partial charge >= 0.3 is 6.18 Å². The van der Waals surface area contributed by atoms with E-state index in [9.17, 15) is 17.6 Å². The molecule has 2 nitrogen and oxygen atoms in total. The predicted octanol–water partition coefficient (Wildman–Crippen LogP) is 4.39. The molecule has 1 aliphatic rings. The lowest BCUT2D eigenvalue weighted by Crippen LogP contribution is -2.32. The van der Waals surface area contributed by atoms with Crippen molar-refractivity contribution in [2.24, 2.45) is 5.92 Å². The van der Waals surface area contributed by atoms with E-state index in [4.69, 9.17) is 4.74 Å². The van der Waals surface area contributed by atoms with Gasteiger partial charge < -0.3 is 10.1 Å². The van der Waals surface area contributed by atoms with Gasteiger partial charge in [0.15, 0.2) is 0 Å². The zero-order chi connectivity index (χ0) is 17.0. The Kier molecular flexibility index (Phi) is 5.46. The molecule has 6 heteroatoms. The molecule has 0 saturated carbocycles. The molecule has 1 heterocycles. The topological polar surface area (TPSA) is 21.3 Å². The molecule has 1 aliphatic heterocycles. The second-order valence-corrected chi connectivity index (χ2v) is 5.84. The number of rotatable bonds is 5. The fourth-order valence-corrected chi connectivity index (χ4v) is 2.19. The maximum atomic E-state index is 14.0. The molecule has 0 saturated heterocycles. The third-order valence-corrected chi connectivity index (χ3v) is 3.28. The van der Waals surface area contributed by atoms with E-state index in [1.165, 1.54) is 0 Å². The molecule has 1 atom stereocenters. The first-order chi connectivity index (χ1) is 10.8. The van der Waals surface area contributed by atoms with Crippen LogP contribution >= 0.6 is 0 Å². The number of benzene rings is 1. The lowest BCUT2D eigenvalue weighted by Gasteiger charge is -2.23. The van der Waals surface area contributed by atoms with E-state index < -0.39 is 17.6 Å². The van der Waals surface area contributed by atoms with Crippen LogP contribution in [0.1, 0.15) is 25.0 Å². The van der Waals surface area contributed by atoms with E-state index in [0.717, 1.165) is 12.1 Å². The van der Waals surface area contributed by atoms with Gasteiger partial charge in [-0.15, -0.1) is 0 Å². The molecule has 0 bridgehead atoms. The minimum Gasteiger partial charge on any atom is -0.379 e. The fourth-order valence-electron chi connectivity index (χ4n) is 2.19. The molecule has 1 aromatic carbocycles. The summed E-state index contributed by atoms with van der Waals surface area (Å²) in [7, 11) is 0. The van der Waals surface area contributed by atoms with Crippen molar-refractivity contribution < 1.29 is 22.3 Å². The first kappa shape index (κ1) is 17.5. The SMILES string of the molecule is CC(C)COCC1C=CC=C(c2ccc(C(F)(F)F)cc2F)N1. The van der Waals surface area contributed by atoms with Crippen molar-refractivity contribution in [1.29, 1.82) is 0 Å². The van der Waals surface area contributed by atoms with Crippen LogP contribution in [0, 0.1) is 11.7 Å².